The average Bonchev–Trinajstić information content (AvgIpc) is 2.64. The van der Waals surface area contributed by atoms with Crippen LogP contribution in [0.4, 0.5) is 10.5 Å². The van der Waals surface area contributed by atoms with Gasteiger partial charge < -0.3 is 10.2 Å². The molecule has 0 atom stereocenters. The number of anilines is 1. The summed E-state index contributed by atoms with van der Waals surface area (Å²) in [6.07, 6.45) is 3.86. The van der Waals surface area contributed by atoms with Gasteiger partial charge in [-0.15, -0.1) is 13.2 Å². The second-order valence-electron chi connectivity index (χ2n) is 6.84. The Morgan fingerprint density at radius 3 is 2.42 bits per heavy atom. The Bertz CT molecular complexity index is 610. The van der Waals surface area contributed by atoms with Gasteiger partial charge in [-0.2, -0.15) is 0 Å². The maximum Gasteiger partial charge on any atom is 0.321 e. The van der Waals surface area contributed by atoms with E-state index in [4.69, 9.17) is 0 Å². The number of amides is 2. The van der Waals surface area contributed by atoms with Crippen LogP contribution in [0.15, 0.2) is 43.5 Å². The fourth-order valence-electron chi connectivity index (χ4n) is 3.16. The van der Waals surface area contributed by atoms with Crippen molar-refractivity contribution in [1.82, 2.24) is 14.7 Å². The average molecular weight is 357 g/mol. The Kier molecular flexibility index (Phi) is 7.88. The zero-order valence-electron chi connectivity index (χ0n) is 16.2. The summed E-state index contributed by atoms with van der Waals surface area (Å²) >= 11 is 0. The summed E-state index contributed by atoms with van der Waals surface area (Å²) in [5.41, 5.74) is 3.22. The molecule has 1 aromatic carbocycles. The third-order valence-electron chi connectivity index (χ3n) is 5.01. The lowest BCUT2D eigenvalue weighted by atomic mass is 10.1. The molecule has 2 amide bonds. The Balaban J connectivity index is 1.78. The van der Waals surface area contributed by atoms with Crippen LogP contribution < -0.4 is 5.32 Å². The van der Waals surface area contributed by atoms with E-state index in [1.54, 1.807) is 0 Å². The number of nitrogens with zero attached hydrogens (tertiary/aromatic N) is 3. The van der Waals surface area contributed by atoms with E-state index in [1.807, 2.05) is 36.1 Å². The van der Waals surface area contributed by atoms with Gasteiger partial charge in [0.25, 0.3) is 0 Å². The molecule has 1 N–H and O–H groups in total. The second-order valence-corrected chi connectivity index (χ2v) is 6.84. The van der Waals surface area contributed by atoms with Gasteiger partial charge in [0, 0.05) is 58.0 Å². The van der Waals surface area contributed by atoms with Crippen molar-refractivity contribution in [3.63, 3.8) is 0 Å². The first-order valence-corrected chi connectivity index (χ1v) is 9.33. The molecule has 0 radical (unpaired) electrons. The number of carbonyl (C=O) groups excluding carboxylic acids is 1. The molecule has 0 unspecified atom stereocenters. The Morgan fingerprint density at radius 2 is 1.81 bits per heavy atom. The summed E-state index contributed by atoms with van der Waals surface area (Å²) in [7, 11) is 0. The number of nitrogens with one attached hydrogen (secondary N) is 1. The maximum atomic E-state index is 12.5. The molecule has 2 rings (SSSR count). The summed E-state index contributed by atoms with van der Waals surface area (Å²) < 4.78 is 0. The largest absolute Gasteiger partial charge is 0.322 e. The quantitative estimate of drug-likeness (QED) is 0.728. The highest BCUT2D eigenvalue weighted by Crippen LogP contribution is 2.18. The SMILES string of the molecule is C=CCN(CC=C)CCN1CCN(C(=O)Nc2cccc(C)c2C)CC1. The first-order valence-electron chi connectivity index (χ1n) is 9.33. The predicted octanol–water partition coefficient (Wildman–Crippen LogP) is 3.13. The lowest BCUT2D eigenvalue weighted by Gasteiger charge is -2.35. The van der Waals surface area contributed by atoms with E-state index in [-0.39, 0.29) is 6.03 Å². The number of piperazine rings is 1. The minimum Gasteiger partial charge on any atom is -0.322 e. The normalized spacial score (nSPS) is 15.1. The van der Waals surface area contributed by atoms with Crippen LogP contribution in [0.3, 0.4) is 0 Å². The zero-order valence-corrected chi connectivity index (χ0v) is 16.2. The van der Waals surface area contributed by atoms with Crippen molar-refractivity contribution < 1.29 is 4.79 Å². The molecule has 1 aromatic rings. The molecule has 0 aromatic heterocycles. The molecule has 142 valence electrons. The minimum absolute atomic E-state index is 0.00158. The van der Waals surface area contributed by atoms with Gasteiger partial charge in [0.1, 0.15) is 0 Å². The standard InChI is InChI=1S/C21H32N4O/c1-5-10-23(11-6-2)12-13-24-14-16-25(17-15-24)21(26)22-20-9-7-8-18(3)19(20)4/h5-9H,1-2,10-17H2,3-4H3,(H,22,26). The van der Waals surface area contributed by atoms with E-state index in [1.165, 1.54) is 5.56 Å². The molecular weight excluding hydrogens is 324 g/mol. The molecule has 0 aliphatic carbocycles. The molecule has 5 nitrogen and oxygen atoms in total. The number of hydrogen-bond donors (Lipinski definition) is 1. The van der Waals surface area contributed by atoms with Crippen molar-refractivity contribution in [2.75, 3.05) is 57.7 Å². The van der Waals surface area contributed by atoms with Crippen molar-refractivity contribution in [2.24, 2.45) is 0 Å². The van der Waals surface area contributed by atoms with Crippen LogP contribution >= 0.6 is 0 Å². The molecule has 0 spiro atoms. The molecule has 1 fully saturated rings. The lowest BCUT2D eigenvalue weighted by molar-refractivity contribution is 0.137. The van der Waals surface area contributed by atoms with Crippen molar-refractivity contribution in [1.29, 1.82) is 0 Å². The third-order valence-corrected chi connectivity index (χ3v) is 5.01. The summed E-state index contributed by atoms with van der Waals surface area (Å²) in [4.78, 5) is 19.2. The van der Waals surface area contributed by atoms with Gasteiger partial charge in [0.15, 0.2) is 0 Å². The van der Waals surface area contributed by atoms with Crippen LogP contribution in [0.2, 0.25) is 0 Å². The molecule has 1 aliphatic rings. The Hall–Kier alpha value is -2.11. The number of hydrogen-bond acceptors (Lipinski definition) is 3. The molecule has 1 heterocycles. The lowest BCUT2D eigenvalue weighted by Crippen LogP contribution is -2.51. The molecular formula is C21H32N4O. The summed E-state index contributed by atoms with van der Waals surface area (Å²) in [6.45, 7) is 18.8. The monoisotopic (exact) mass is 356 g/mol. The molecule has 0 bridgehead atoms. The highest BCUT2D eigenvalue weighted by atomic mass is 16.2. The highest BCUT2D eigenvalue weighted by Gasteiger charge is 2.21. The number of benzene rings is 1. The molecule has 1 aliphatic heterocycles. The first-order chi connectivity index (χ1) is 12.5. The summed E-state index contributed by atoms with van der Waals surface area (Å²) in [5.74, 6) is 0. The summed E-state index contributed by atoms with van der Waals surface area (Å²) in [5, 5.41) is 3.06. The van der Waals surface area contributed by atoms with E-state index >= 15 is 0 Å². The highest BCUT2D eigenvalue weighted by molar-refractivity contribution is 5.90. The van der Waals surface area contributed by atoms with Crippen LogP contribution in [0.1, 0.15) is 11.1 Å². The maximum absolute atomic E-state index is 12.5. The van der Waals surface area contributed by atoms with Gasteiger partial charge in [-0.1, -0.05) is 24.3 Å². The smallest absolute Gasteiger partial charge is 0.321 e. The fraction of sp³-hybridized carbons (Fsp3) is 0.476. The molecule has 5 heteroatoms. The van der Waals surface area contributed by atoms with Gasteiger partial charge in [0.05, 0.1) is 0 Å². The van der Waals surface area contributed by atoms with Crippen molar-refractivity contribution in [2.45, 2.75) is 13.8 Å². The number of urea groups is 1. The molecule has 1 saturated heterocycles. The van der Waals surface area contributed by atoms with E-state index in [2.05, 4.69) is 41.3 Å². The molecule has 26 heavy (non-hydrogen) atoms. The van der Waals surface area contributed by atoms with Gasteiger partial charge in [-0.25, -0.2) is 4.79 Å². The van der Waals surface area contributed by atoms with E-state index < -0.39 is 0 Å². The predicted molar refractivity (Wildman–Crippen MR) is 110 cm³/mol. The van der Waals surface area contributed by atoms with Crippen LogP contribution in [-0.2, 0) is 0 Å². The van der Waals surface area contributed by atoms with Crippen molar-refractivity contribution in [3.8, 4) is 0 Å². The topological polar surface area (TPSA) is 38.8 Å². The molecule has 0 saturated carbocycles. The van der Waals surface area contributed by atoms with Crippen LogP contribution in [-0.4, -0.2) is 73.1 Å². The first kappa shape index (κ1) is 20.2. The number of rotatable bonds is 8. The van der Waals surface area contributed by atoms with E-state index in [0.717, 1.165) is 63.6 Å². The fourth-order valence-corrected chi connectivity index (χ4v) is 3.16. The van der Waals surface area contributed by atoms with Gasteiger partial charge in [-0.05, 0) is 31.0 Å². The third kappa shape index (κ3) is 5.71. The van der Waals surface area contributed by atoms with Crippen LogP contribution in [0, 0.1) is 13.8 Å². The Morgan fingerprint density at radius 1 is 1.15 bits per heavy atom. The van der Waals surface area contributed by atoms with Gasteiger partial charge >= 0.3 is 6.03 Å². The van der Waals surface area contributed by atoms with Gasteiger partial charge in [0.2, 0.25) is 0 Å². The summed E-state index contributed by atoms with van der Waals surface area (Å²) in [6, 6.07) is 6.00. The second kappa shape index (κ2) is 10.1. The van der Waals surface area contributed by atoms with Crippen LogP contribution in [0.25, 0.3) is 0 Å². The Labute approximate surface area is 158 Å². The van der Waals surface area contributed by atoms with Crippen LogP contribution in [0.5, 0.6) is 0 Å². The van der Waals surface area contributed by atoms with E-state index in [0.29, 0.717) is 0 Å². The van der Waals surface area contributed by atoms with Crippen molar-refractivity contribution in [3.05, 3.63) is 54.6 Å². The minimum atomic E-state index is -0.00158. The number of carbonyl (C=O) groups is 1. The van der Waals surface area contributed by atoms with E-state index in [9.17, 15) is 4.79 Å². The zero-order chi connectivity index (χ0) is 18.9. The number of aryl methyl sites for hydroxylation is 1. The van der Waals surface area contributed by atoms with Gasteiger partial charge in [-0.3, -0.25) is 9.80 Å². The van der Waals surface area contributed by atoms with Crippen molar-refractivity contribution >= 4 is 11.7 Å².